The van der Waals surface area contributed by atoms with E-state index >= 15 is 0 Å². The van der Waals surface area contributed by atoms with Crippen LogP contribution in [0.4, 0.5) is 4.79 Å². The molecular formula is C39H37N7O4P. The van der Waals surface area contributed by atoms with Crippen LogP contribution in [-0.4, -0.2) is 67.8 Å². The minimum atomic E-state index is -2.88. The number of aromatic nitrogens is 4. The van der Waals surface area contributed by atoms with Gasteiger partial charge < -0.3 is 14.7 Å². The number of aromatic amines is 2. The number of ether oxygens (including phenoxy) is 1. The smallest absolute Gasteiger partial charge is 0.414 e. The first-order valence-corrected chi connectivity index (χ1v) is 18.4. The second-order valence-corrected chi connectivity index (χ2v) is 14.7. The van der Waals surface area contributed by atoms with Crippen LogP contribution in [0, 0.1) is 0 Å². The summed E-state index contributed by atoms with van der Waals surface area (Å²) in [5.41, 5.74) is 9.91. The molecule has 1 amide bonds. The number of fused-ring (bicyclic) bond motifs is 8. The predicted molar refractivity (Wildman–Crippen MR) is 199 cm³/mol. The monoisotopic (exact) mass is 698 g/mol. The Morgan fingerprint density at radius 3 is 1.67 bits per heavy atom. The molecule has 2 aromatic carbocycles. The van der Waals surface area contributed by atoms with Gasteiger partial charge in [-0.1, -0.05) is 60.7 Å². The number of amides is 1. The Hall–Kier alpha value is -5.61. The van der Waals surface area contributed by atoms with Gasteiger partial charge in [0.05, 0.1) is 22.8 Å². The van der Waals surface area contributed by atoms with Gasteiger partial charge in [0, 0.05) is 54.2 Å². The van der Waals surface area contributed by atoms with Gasteiger partial charge in [0.2, 0.25) is 6.29 Å². The molecule has 8 bridgehead atoms. The average Bonchev–Trinajstić information content (AvgIpc) is 4.02. The highest BCUT2D eigenvalue weighted by atomic mass is 31.2. The maximum absolute atomic E-state index is 12.6. The van der Waals surface area contributed by atoms with Crippen molar-refractivity contribution < 1.29 is 18.9 Å². The van der Waals surface area contributed by atoms with E-state index in [0.717, 1.165) is 78.4 Å². The largest absolute Gasteiger partial charge is 0.444 e. The van der Waals surface area contributed by atoms with Crippen LogP contribution in [-0.2, 0) is 33.5 Å². The lowest BCUT2D eigenvalue weighted by Gasteiger charge is -2.20. The number of carbonyl (C=O) groups is 1. The maximum atomic E-state index is 12.6. The number of benzene rings is 2. The van der Waals surface area contributed by atoms with Gasteiger partial charge in [-0.05, 0) is 79.1 Å². The maximum Gasteiger partial charge on any atom is 0.414 e. The molecule has 2 aromatic heterocycles. The van der Waals surface area contributed by atoms with Crippen LogP contribution in [0.5, 0.6) is 0 Å². The number of carbonyl (C=O) groups excluding carboxylic acids is 2. The van der Waals surface area contributed by atoms with Crippen LogP contribution in [0.1, 0.15) is 45.3 Å². The normalized spacial score (nSPS) is 15.0. The van der Waals surface area contributed by atoms with Crippen molar-refractivity contribution in [1.82, 2.24) is 34.4 Å². The van der Waals surface area contributed by atoms with Crippen molar-refractivity contribution >= 4 is 55.3 Å². The van der Waals surface area contributed by atoms with E-state index in [9.17, 15) is 14.2 Å². The highest BCUT2D eigenvalue weighted by molar-refractivity contribution is 7.58. The molecular weight excluding hydrogens is 661 g/mol. The lowest BCUT2D eigenvalue weighted by Crippen LogP contribution is -2.27. The zero-order valence-corrected chi connectivity index (χ0v) is 28.8. The molecule has 1 radical (unpaired) electrons. The van der Waals surface area contributed by atoms with Gasteiger partial charge in [-0.3, -0.25) is 9.36 Å². The molecule has 257 valence electrons. The zero-order chi connectivity index (χ0) is 35.0. The molecule has 2 saturated heterocycles. The molecule has 0 atom stereocenters. The minimum absolute atomic E-state index is 0.187. The standard InChI is InChI=1S/C20H16N4.C12H16N3O3P.C7H5O/c1-2-14-10-16-5-6-18(23-16)12-20-8-7-19(24-20)11-17-4-3-15(22-17)9-13(1)21-14;16-12(18-10-11-4-2-1-3-5-11)13-19(17,14-6-7-14)15-8-9-15;8-6-7-4-2-1-3-5-7/h1-6,9-12,21,24H,7-8H2;1-5H,6-10H2,(H,13,16,17);1-5H. The average molecular weight is 699 g/mol. The third-order valence-corrected chi connectivity index (χ3v) is 11.1. The number of hydrogen-bond donors (Lipinski definition) is 3. The molecule has 5 aliphatic rings. The summed E-state index contributed by atoms with van der Waals surface area (Å²) in [6.45, 7) is 3.27. The molecule has 5 aliphatic heterocycles. The summed E-state index contributed by atoms with van der Waals surface area (Å²) in [5.74, 6) is 0. The fourth-order valence-electron chi connectivity index (χ4n) is 5.53. The first kappa shape index (κ1) is 33.9. The van der Waals surface area contributed by atoms with E-state index in [2.05, 4.69) is 73.6 Å². The second-order valence-electron chi connectivity index (χ2n) is 12.3. The molecule has 0 spiro atoms. The third-order valence-electron chi connectivity index (χ3n) is 8.29. The number of rotatable bonds is 6. The Labute approximate surface area is 296 Å². The zero-order valence-electron chi connectivity index (χ0n) is 27.9. The summed E-state index contributed by atoms with van der Waals surface area (Å²) < 4.78 is 21.3. The molecule has 3 N–H and O–H groups in total. The van der Waals surface area contributed by atoms with E-state index in [1.54, 1.807) is 39.9 Å². The Bertz CT molecular complexity index is 2090. The molecule has 9 rings (SSSR count). The topological polar surface area (TPSA) is 136 Å². The fraction of sp³-hybridized carbons (Fsp3) is 0.179. The van der Waals surface area contributed by atoms with Crippen molar-refractivity contribution in [3.8, 4) is 0 Å². The first-order valence-electron chi connectivity index (χ1n) is 16.8. The molecule has 12 heteroatoms. The number of nitrogens with zero attached hydrogens (tertiary/aromatic N) is 4. The summed E-state index contributed by atoms with van der Waals surface area (Å²) in [6.07, 6.45) is 11.4. The molecule has 2 fully saturated rings. The number of H-pyrrole nitrogens is 2. The summed E-state index contributed by atoms with van der Waals surface area (Å²) in [7, 11) is -2.88. The molecule has 0 unspecified atom stereocenters. The van der Waals surface area contributed by atoms with E-state index in [4.69, 9.17) is 4.74 Å². The Morgan fingerprint density at radius 2 is 1.20 bits per heavy atom. The molecule has 0 saturated carbocycles. The van der Waals surface area contributed by atoms with Crippen LogP contribution >= 0.6 is 7.59 Å². The van der Waals surface area contributed by atoms with Crippen molar-refractivity contribution in [3.63, 3.8) is 0 Å². The van der Waals surface area contributed by atoms with Gasteiger partial charge in [0.25, 0.3) is 0 Å². The van der Waals surface area contributed by atoms with Gasteiger partial charge in [0.15, 0.2) is 0 Å². The first-order chi connectivity index (χ1) is 24.9. The van der Waals surface area contributed by atoms with E-state index < -0.39 is 13.7 Å². The van der Waals surface area contributed by atoms with E-state index in [1.165, 1.54) is 11.4 Å². The fourth-order valence-corrected chi connectivity index (χ4v) is 7.74. The van der Waals surface area contributed by atoms with Crippen LogP contribution in [0.3, 0.4) is 0 Å². The number of nitrogens with one attached hydrogen (secondary N) is 3. The van der Waals surface area contributed by atoms with Gasteiger partial charge in [-0.15, -0.1) is 0 Å². The van der Waals surface area contributed by atoms with Crippen molar-refractivity contribution in [2.45, 2.75) is 19.4 Å². The summed E-state index contributed by atoms with van der Waals surface area (Å²) in [4.78, 5) is 37.8. The summed E-state index contributed by atoms with van der Waals surface area (Å²) in [6, 6.07) is 30.8. The summed E-state index contributed by atoms with van der Waals surface area (Å²) in [5, 5.41) is 2.53. The van der Waals surface area contributed by atoms with Crippen LogP contribution in [0.2, 0.25) is 0 Å². The molecule has 7 heterocycles. The van der Waals surface area contributed by atoms with Crippen LogP contribution < -0.4 is 5.09 Å². The van der Waals surface area contributed by atoms with Gasteiger partial charge >= 0.3 is 13.7 Å². The number of aryl methyl sites for hydroxylation is 2. The van der Waals surface area contributed by atoms with E-state index in [-0.39, 0.29) is 6.61 Å². The third kappa shape index (κ3) is 9.34. The van der Waals surface area contributed by atoms with Gasteiger partial charge in [-0.2, -0.15) is 0 Å². The molecule has 4 aromatic rings. The summed E-state index contributed by atoms with van der Waals surface area (Å²) >= 11 is 0. The molecule has 0 aliphatic carbocycles. The number of hydrogen-bond acceptors (Lipinski definition) is 6. The van der Waals surface area contributed by atoms with Gasteiger partial charge in [-0.25, -0.2) is 29.2 Å². The lowest BCUT2D eigenvalue weighted by atomic mass is 10.2. The minimum Gasteiger partial charge on any atom is -0.444 e. The molecule has 11 nitrogen and oxygen atoms in total. The molecule has 51 heavy (non-hydrogen) atoms. The van der Waals surface area contributed by atoms with Crippen molar-refractivity contribution in [1.29, 1.82) is 0 Å². The lowest BCUT2D eigenvalue weighted by molar-refractivity contribution is 0.145. The highest BCUT2D eigenvalue weighted by Gasteiger charge is 2.49. The van der Waals surface area contributed by atoms with Crippen molar-refractivity contribution in [2.75, 3.05) is 26.2 Å². The second kappa shape index (κ2) is 15.5. The van der Waals surface area contributed by atoms with Crippen molar-refractivity contribution in [3.05, 3.63) is 142 Å². The van der Waals surface area contributed by atoms with Crippen molar-refractivity contribution in [2.24, 2.45) is 0 Å². The Balaban J connectivity index is 0.000000134. The van der Waals surface area contributed by atoms with Crippen LogP contribution in [0.25, 0.3) is 35.3 Å². The van der Waals surface area contributed by atoms with Gasteiger partial charge in [0.1, 0.15) is 6.61 Å². The van der Waals surface area contributed by atoms with Crippen LogP contribution in [0.15, 0.2) is 97.1 Å². The van der Waals surface area contributed by atoms with E-state index in [0.29, 0.717) is 5.56 Å². The quantitative estimate of drug-likeness (QED) is 0.126. The predicted octanol–water partition coefficient (Wildman–Crippen LogP) is 6.96. The Kier molecular flexibility index (Phi) is 10.3. The van der Waals surface area contributed by atoms with E-state index in [1.807, 2.05) is 48.6 Å². The SMILES string of the molecule is C1=Cc2cc3ccc(cc4nc(cc5[nH]c(cc1n2)CC5)C=C4)[nH]3.O=C(NP(=O)(N1CC1)N1CC1)OCc1ccccc1.O=[C]c1ccccc1. The Morgan fingerprint density at radius 1 is 0.706 bits per heavy atom. The highest BCUT2D eigenvalue weighted by Crippen LogP contribution is 2.56.